The SMILES string of the molecule is CC(C)c1ccc(-c2cc3c(cc2C(F)F)N(c2ccc4c(c2)CCC(=O)N4C)CCC3)cn1. The highest BCUT2D eigenvalue weighted by atomic mass is 19.3. The number of carbonyl (C=O) groups excluding carboxylic acids is 1. The third-order valence-corrected chi connectivity index (χ3v) is 7.01. The molecule has 3 heterocycles. The number of benzene rings is 2. The van der Waals surface area contributed by atoms with Crippen LogP contribution in [-0.2, 0) is 17.6 Å². The molecule has 0 spiro atoms. The van der Waals surface area contributed by atoms with Crippen molar-refractivity contribution in [3.8, 4) is 11.1 Å². The monoisotopic (exact) mass is 461 g/mol. The van der Waals surface area contributed by atoms with Crippen molar-refractivity contribution in [2.75, 3.05) is 23.4 Å². The van der Waals surface area contributed by atoms with Gasteiger partial charge in [0, 0.05) is 60.1 Å². The van der Waals surface area contributed by atoms with E-state index in [1.54, 1.807) is 24.2 Å². The summed E-state index contributed by atoms with van der Waals surface area (Å²) in [7, 11) is 1.80. The van der Waals surface area contributed by atoms with E-state index in [0.29, 0.717) is 18.4 Å². The third-order valence-electron chi connectivity index (χ3n) is 7.01. The lowest BCUT2D eigenvalue weighted by molar-refractivity contribution is -0.118. The number of aryl methyl sites for hydroxylation is 2. The van der Waals surface area contributed by atoms with Crippen molar-refractivity contribution in [3.05, 3.63) is 71.0 Å². The van der Waals surface area contributed by atoms with E-state index in [4.69, 9.17) is 0 Å². The Bertz CT molecular complexity index is 1240. The number of rotatable bonds is 4. The molecule has 34 heavy (non-hydrogen) atoms. The first-order valence-electron chi connectivity index (χ1n) is 11.9. The number of amides is 1. The Morgan fingerprint density at radius 3 is 2.44 bits per heavy atom. The predicted octanol–water partition coefficient (Wildman–Crippen LogP) is 6.80. The van der Waals surface area contributed by atoms with Crippen LogP contribution in [0.25, 0.3) is 11.1 Å². The Morgan fingerprint density at radius 2 is 1.74 bits per heavy atom. The van der Waals surface area contributed by atoms with Crippen molar-refractivity contribution in [2.45, 2.75) is 51.9 Å². The van der Waals surface area contributed by atoms with Crippen molar-refractivity contribution in [1.29, 1.82) is 0 Å². The molecule has 2 aliphatic heterocycles. The predicted molar refractivity (Wildman–Crippen MR) is 132 cm³/mol. The molecule has 0 unspecified atom stereocenters. The van der Waals surface area contributed by atoms with Gasteiger partial charge in [0.05, 0.1) is 0 Å². The summed E-state index contributed by atoms with van der Waals surface area (Å²) in [5.41, 5.74) is 7.22. The average Bonchev–Trinajstić information content (AvgIpc) is 2.85. The Hall–Kier alpha value is -3.28. The number of hydrogen-bond acceptors (Lipinski definition) is 3. The molecule has 0 saturated carbocycles. The molecule has 4 nitrogen and oxygen atoms in total. The van der Waals surface area contributed by atoms with Crippen LogP contribution in [0.5, 0.6) is 0 Å². The van der Waals surface area contributed by atoms with Crippen molar-refractivity contribution in [3.63, 3.8) is 0 Å². The fourth-order valence-electron chi connectivity index (χ4n) is 5.06. The van der Waals surface area contributed by atoms with Gasteiger partial charge < -0.3 is 9.80 Å². The lowest BCUT2D eigenvalue weighted by atomic mass is 9.91. The van der Waals surface area contributed by atoms with Crippen LogP contribution in [0.15, 0.2) is 48.7 Å². The molecule has 0 fully saturated rings. The Labute approximate surface area is 199 Å². The van der Waals surface area contributed by atoms with Gasteiger partial charge in [-0.1, -0.05) is 19.9 Å². The Morgan fingerprint density at radius 1 is 0.941 bits per heavy atom. The number of hydrogen-bond donors (Lipinski definition) is 0. The number of anilines is 3. The zero-order valence-electron chi connectivity index (χ0n) is 19.8. The number of halogens is 2. The first-order chi connectivity index (χ1) is 16.3. The summed E-state index contributed by atoms with van der Waals surface area (Å²) in [6, 6.07) is 13.5. The number of nitrogens with zero attached hydrogens (tertiary/aromatic N) is 3. The molecule has 1 amide bonds. The molecule has 0 radical (unpaired) electrons. The molecule has 3 aromatic rings. The van der Waals surface area contributed by atoms with Gasteiger partial charge >= 0.3 is 0 Å². The maximum absolute atomic E-state index is 14.2. The van der Waals surface area contributed by atoms with Gasteiger partial charge in [-0.2, -0.15) is 0 Å². The zero-order chi connectivity index (χ0) is 24.0. The molecule has 0 saturated heterocycles. The molecule has 2 aliphatic rings. The number of alkyl halides is 2. The highest BCUT2D eigenvalue weighted by Gasteiger charge is 2.26. The van der Waals surface area contributed by atoms with Gasteiger partial charge in [0.2, 0.25) is 5.91 Å². The number of aromatic nitrogens is 1. The largest absolute Gasteiger partial charge is 0.341 e. The van der Waals surface area contributed by atoms with Gasteiger partial charge in [0.15, 0.2) is 0 Å². The third kappa shape index (κ3) is 3.95. The summed E-state index contributed by atoms with van der Waals surface area (Å²) in [4.78, 5) is 20.4. The van der Waals surface area contributed by atoms with E-state index < -0.39 is 6.43 Å². The minimum absolute atomic E-state index is 0.0352. The molecule has 1 aromatic heterocycles. The first-order valence-corrected chi connectivity index (χ1v) is 11.9. The highest BCUT2D eigenvalue weighted by Crippen LogP contribution is 2.42. The molecule has 0 aliphatic carbocycles. The van der Waals surface area contributed by atoms with E-state index in [-0.39, 0.29) is 17.4 Å². The fourth-order valence-corrected chi connectivity index (χ4v) is 5.06. The van der Waals surface area contributed by atoms with Crippen LogP contribution >= 0.6 is 0 Å². The molecular formula is C28H29F2N3O. The van der Waals surface area contributed by atoms with Crippen LogP contribution in [0.4, 0.5) is 25.8 Å². The van der Waals surface area contributed by atoms with E-state index in [9.17, 15) is 13.6 Å². The minimum Gasteiger partial charge on any atom is -0.341 e. The second kappa shape index (κ2) is 8.82. The molecule has 5 rings (SSSR count). The molecule has 176 valence electrons. The van der Waals surface area contributed by atoms with Gasteiger partial charge in [-0.05, 0) is 78.3 Å². The quantitative estimate of drug-likeness (QED) is 0.429. The maximum atomic E-state index is 14.2. The molecule has 6 heteroatoms. The van der Waals surface area contributed by atoms with Crippen LogP contribution in [0, 0.1) is 0 Å². The van der Waals surface area contributed by atoms with Crippen LogP contribution in [0.3, 0.4) is 0 Å². The van der Waals surface area contributed by atoms with Crippen molar-refractivity contribution in [2.24, 2.45) is 0 Å². The summed E-state index contributed by atoms with van der Waals surface area (Å²) < 4.78 is 28.5. The molecule has 0 bridgehead atoms. The number of carbonyl (C=O) groups is 1. The van der Waals surface area contributed by atoms with E-state index in [0.717, 1.165) is 58.8 Å². The Balaban J connectivity index is 1.56. The lowest BCUT2D eigenvalue weighted by Crippen LogP contribution is -2.31. The van der Waals surface area contributed by atoms with Crippen molar-refractivity contribution >= 4 is 23.0 Å². The first kappa shape index (κ1) is 22.5. The number of pyridine rings is 1. The molecule has 0 N–H and O–H groups in total. The molecule has 0 atom stereocenters. The standard InChI is InChI=1S/C28H29F2N3O/c1-17(2)24-9-6-20(16-31-24)22-14-18-5-4-12-33(26(18)15-23(22)28(29)30)21-8-10-25-19(13-21)7-11-27(34)32(25)3/h6,8-10,13-17,28H,4-5,7,11-12H2,1-3H3. The van der Waals surface area contributed by atoms with E-state index in [2.05, 4.69) is 29.8 Å². The summed E-state index contributed by atoms with van der Waals surface area (Å²) in [5, 5.41) is 0. The molecule has 2 aromatic carbocycles. The minimum atomic E-state index is -2.59. The molecular weight excluding hydrogens is 432 g/mol. The zero-order valence-corrected chi connectivity index (χ0v) is 19.8. The lowest BCUT2D eigenvalue weighted by Gasteiger charge is -2.34. The van der Waals surface area contributed by atoms with Crippen LogP contribution < -0.4 is 9.80 Å². The fraction of sp³-hybridized carbons (Fsp3) is 0.357. The van der Waals surface area contributed by atoms with Crippen LogP contribution in [0.1, 0.15) is 61.4 Å². The van der Waals surface area contributed by atoms with Crippen molar-refractivity contribution < 1.29 is 13.6 Å². The number of fused-ring (bicyclic) bond motifs is 2. The maximum Gasteiger partial charge on any atom is 0.264 e. The van der Waals surface area contributed by atoms with Gasteiger partial charge in [-0.3, -0.25) is 9.78 Å². The van der Waals surface area contributed by atoms with Gasteiger partial charge in [-0.25, -0.2) is 8.78 Å². The van der Waals surface area contributed by atoms with Gasteiger partial charge in [0.1, 0.15) is 0 Å². The summed E-state index contributed by atoms with van der Waals surface area (Å²) in [6.07, 6.45) is 2.12. The summed E-state index contributed by atoms with van der Waals surface area (Å²) >= 11 is 0. The van der Waals surface area contributed by atoms with Crippen molar-refractivity contribution in [1.82, 2.24) is 4.98 Å². The van der Waals surface area contributed by atoms with Crippen LogP contribution in [-0.4, -0.2) is 24.5 Å². The average molecular weight is 462 g/mol. The van der Waals surface area contributed by atoms with E-state index in [1.165, 1.54) is 0 Å². The van der Waals surface area contributed by atoms with E-state index in [1.807, 2.05) is 30.3 Å². The summed E-state index contributed by atoms with van der Waals surface area (Å²) in [6.45, 7) is 4.90. The van der Waals surface area contributed by atoms with Gasteiger partial charge in [0.25, 0.3) is 6.43 Å². The van der Waals surface area contributed by atoms with Crippen LogP contribution in [0.2, 0.25) is 0 Å². The van der Waals surface area contributed by atoms with Gasteiger partial charge in [-0.15, -0.1) is 0 Å². The highest BCUT2D eigenvalue weighted by molar-refractivity contribution is 5.96. The Kier molecular flexibility index (Phi) is 5.84. The normalized spacial score (nSPS) is 15.7. The smallest absolute Gasteiger partial charge is 0.264 e. The van der Waals surface area contributed by atoms with E-state index >= 15 is 0 Å². The second-order valence-electron chi connectivity index (χ2n) is 9.52. The topological polar surface area (TPSA) is 36.4 Å². The summed E-state index contributed by atoms with van der Waals surface area (Å²) in [5.74, 6) is 0.406. The second-order valence-corrected chi connectivity index (χ2v) is 9.52.